The van der Waals surface area contributed by atoms with Crippen LogP contribution >= 0.6 is 0 Å². The summed E-state index contributed by atoms with van der Waals surface area (Å²) in [7, 11) is 0. The second-order valence-corrected chi connectivity index (χ2v) is 5.97. The van der Waals surface area contributed by atoms with Crippen LogP contribution in [0.25, 0.3) is 0 Å². The minimum absolute atomic E-state index is 0.928. The fraction of sp³-hybridized carbons (Fsp3) is 1.00. The first-order valence-corrected chi connectivity index (χ1v) is 6.77. The van der Waals surface area contributed by atoms with Crippen molar-refractivity contribution in [2.24, 2.45) is 23.7 Å². The lowest BCUT2D eigenvalue weighted by Crippen LogP contribution is -2.26. The van der Waals surface area contributed by atoms with Crippen LogP contribution in [0.5, 0.6) is 0 Å². The quantitative estimate of drug-likeness (QED) is 0.570. The maximum atomic E-state index is 2.44. The van der Waals surface area contributed by atoms with E-state index in [-0.39, 0.29) is 0 Å². The van der Waals surface area contributed by atoms with Crippen LogP contribution in [0.3, 0.4) is 0 Å². The molecule has 0 spiro atoms. The third-order valence-electron chi connectivity index (χ3n) is 4.74. The van der Waals surface area contributed by atoms with E-state index in [2.05, 4.69) is 13.8 Å². The van der Waals surface area contributed by atoms with Crippen molar-refractivity contribution in [1.29, 1.82) is 0 Å². The average molecular weight is 194 g/mol. The molecule has 0 N–H and O–H groups in total. The fourth-order valence-electron chi connectivity index (χ4n) is 3.88. The zero-order valence-corrected chi connectivity index (χ0v) is 9.97. The van der Waals surface area contributed by atoms with E-state index < -0.39 is 0 Å². The maximum absolute atomic E-state index is 2.44. The van der Waals surface area contributed by atoms with Crippen molar-refractivity contribution in [3.8, 4) is 0 Å². The molecule has 0 radical (unpaired) electrons. The number of fused-ring (bicyclic) bond motifs is 6. The smallest absolute Gasteiger partial charge is 0.0363 e. The van der Waals surface area contributed by atoms with Crippen molar-refractivity contribution in [2.75, 3.05) is 0 Å². The minimum atomic E-state index is 0.928. The summed E-state index contributed by atoms with van der Waals surface area (Å²) in [5.74, 6) is 4.16. The molecule has 3 fully saturated rings. The van der Waals surface area contributed by atoms with E-state index in [1.165, 1.54) is 19.3 Å². The summed E-state index contributed by atoms with van der Waals surface area (Å²) in [5.41, 5.74) is 0. The van der Waals surface area contributed by atoms with Gasteiger partial charge in [-0.25, -0.2) is 0 Å². The summed E-state index contributed by atoms with van der Waals surface area (Å²) in [6.45, 7) is 4.88. The molecule has 0 nitrogen and oxygen atoms in total. The molecule has 0 aromatic heterocycles. The molecule has 0 aliphatic heterocycles. The SMILES string of the molecule is CC(C)C1CCC2CCCC1CCC2. The molecule has 0 aromatic carbocycles. The van der Waals surface area contributed by atoms with Crippen LogP contribution in [0.15, 0.2) is 0 Å². The average Bonchev–Trinajstić information content (AvgIpc) is 1.98. The molecule has 0 saturated heterocycles. The van der Waals surface area contributed by atoms with Crippen LogP contribution in [0.1, 0.15) is 65.2 Å². The molecule has 0 aromatic rings. The van der Waals surface area contributed by atoms with Crippen LogP contribution in [-0.2, 0) is 0 Å². The summed E-state index contributed by atoms with van der Waals surface area (Å²) < 4.78 is 0. The fourth-order valence-corrected chi connectivity index (χ4v) is 3.88. The molecular formula is C14H26. The van der Waals surface area contributed by atoms with Gasteiger partial charge in [-0.3, -0.25) is 0 Å². The predicted molar refractivity (Wildman–Crippen MR) is 62.2 cm³/mol. The molecule has 0 amide bonds. The highest BCUT2D eigenvalue weighted by Gasteiger charge is 2.29. The van der Waals surface area contributed by atoms with Crippen LogP contribution in [0.4, 0.5) is 0 Å². The Morgan fingerprint density at radius 2 is 1.43 bits per heavy atom. The topological polar surface area (TPSA) is 0 Å². The van der Waals surface area contributed by atoms with E-state index in [9.17, 15) is 0 Å². The Labute approximate surface area is 89.5 Å². The summed E-state index contributed by atoms with van der Waals surface area (Å²) in [5, 5.41) is 0. The predicted octanol–water partition coefficient (Wildman–Crippen LogP) is 4.64. The Balaban J connectivity index is 2.05. The Morgan fingerprint density at radius 3 is 2.00 bits per heavy atom. The van der Waals surface area contributed by atoms with Crippen molar-refractivity contribution >= 4 is 0 Å². The summed E-state index contributed by atoms with van der Waals surface area (Å²) in [6, 6.07) is 0. The zero-order valence-electron chi connectivity index (χ0n) is 9.97. The van der Waals surface area contributed by atoms with Crippen LogP contribution in [0, 0.1) is 23.7 Å². The Hall–Kier alpha value is 0. The van der Waals surface area contributed by atoms with Crippen molar-refractivity contribution in [3.63, 3.8) is 0 Å². The molecule has 0 heteroatoms. The monoisotopic (exact) mass is 194 g/mol. The van der Waals surface area contributed by atoms with Crippen LogP contribution < -0.4 is 0 Å². The number of rotatable bonds is 1. The van der Waals surface area contributed by atoms with Gasteiger partial charge >= 0.3 is 0 Å². The molecule has 82 valence electrons. The van der Waals surface area contributed by atoms with Crippen LogP contribution in [0.2, 0.25) is 0 Å². The summed E-state index contributed by atoms with van der Waals surface area (Å²) in [6.07, 6.45) is 12.3. The number of hydrogen-bond donors (Lipinski definition) is 0. The molecule has 3 rings (SSSR count). The van der Waals surface area contributed by atoms with Crippen molar-refractivity contribution in [2.45, 2.75) is 65.2 Å². The van der Waals surface area contributed by atoms with E-state index in [0.717, 1.165) is 23.7 Å². The molecule has 1 atom stereocenters. The van der Waals surface area contributed by atoms with E-state index in [1.54, 1.807) is 32.1 Å². The van der Waals surface area contributed by atoms with Gasteiger partial charge in [0.1, 0.15) is 0 Å². The molecule has 3 aliphatic rings. The van der Waals surface area contributed by atoms with Gasteiger partial charge in [0.15, 0.2) is 0 Å². The summed E-state index contributed by atoms with van der Waals surface area (Å²) >= 11 is 0. The van der Waals surface area contributed by atoms with Gasteiger partial charge in [0, 0.05) is 0 Å². The van der Waals surface area contributed by atoms with Gasteiger partial charge < -0.3 is 0 Å². The molecule has 0 heterocycles. The molecule has 14 heavy (non-hydrogen) atoms. The van der Waals surface area contributed by atoms with E-state index in [1.807, 2.05) is 0 Å². The molecule has 3 aliphatic carbocycles. The highest BCUT2D eigenvalue weighted by Crippen LogP contribution is 2.41. The van der Waals surface area contributed by atoms with Crippen molar-refractivity contribution in [1.82, 2.24) is 0 Å². The number of hydrogen-bond acceptors (Lipinski definition) is 0. The molecule has 2 bridgehead atoms. The highest BCUT2D eigenvalue weighted by molar-refractivity contribution is 4.80. The Bertz CT molecular complexity index is 161. The van der Waals surface area contributed by atoms with Gasteiger partial charge in [-0.15, -0.1) is 0 Å². The van der Waals surface area contributed by atoms with E-state index in [0.29, 0.717) is 0 Å². The van der Waals surface area contributed by atoms with Gasteiger partial charge in [0.25, 0.3) is 0 Å². The molecule has 1 unspecified atom stereocenters. The van der Waals surface area contributed by atoms with Gasteiger partial charge in [0.05, 0.1) is 0 Å². The first-order valence-electron chi connectivity index (χ1n) is 6.77. The Morgan fingerprint density at radius 1 is 0.786 bits per heavy atom. The molecular weight excluding hydrogens is 168 g/mol. The van der Waals surface area contributed by atoms with E-state index >= 15 is 0 Å². The first kappa shape index (κ1) is 10.5. The lowest BCUT2D eigenvalue weighted by molar-refractivity contribution is 0.141. The maximum Gasteiger partial charge on any atom is -0.0363 e. The lowest BCUT2D eigenvalue weighted by Gasteiger charge is -2.37. The third-order valence-corrected chi connectivity index (χ3v) is 4.74. The second kappa shape index (κ2) is 4.68. The van der Waals surface area contributed by atoms with E-state index in [4.69, 9.17) is 0 Å². The van der Waals surface area contributed by atoms with Crippen LogP contribution in [-0.4, -0.2) is 0 Å². The normalized spacial score (nSPS) is 39.2. The van der Waals surface area contributed by atoms with Crippen molar-refractivity contribution < 1.29 is 0 Å². The highest BCUT2D eigenvalue weighted by atomic mass is 14.3. The van der Waals surface area contributed by atoms with Gasteiger partial charge in [-0.1, -0.05) is 58.8 Å². The second-order valence-electron chi connectivity index (χ2n) is 5.97. The lowest BCUT2D eigenvalue weighted by atomic mass is 9.69. The van der Waals surface area contributed by atoms with Gasteiger partial charge in [-0.2, -0.15) is 0 Å². The largest absolute Gasteiger partial charge is 0.0625 e. The van der Waals surface area contributed by atoms with Gasteiger partial charge in [0.2, 0.25) is 0 Å². The summed E-state index contributed by atoms with van der Waals surface area (Å²) in [4.78, 5) is 0. The first-order chi connectivity index (χ1) is 6.77. The standard InChI is InChI=1S/C14H26/c1-11(2)14-10-9-12-5-3-7-13(14)8-4-6-12/h11-14H,3-10H2,1-2H3. The van der Waals surface area contributed by atoms with Gasteiger partial charge in [-0.05, 0) is 30.1 Å². The third kappa shape index (κ3) is 2.32. The minimum Gasteiger partial charge on any atom is -0.0625 e. The zero-order chi connectivity index (χ0) is 9.97. The Kier molecular flexibility index (Phi) is 3.52. The van der Waals surface area contributed by atoms with Crippen molar-refractivity contribution in [3.05, 3.63) is 0 Å². The molecule has 3 saturated carbocycles.